The second-order valence-corrected chi connectivity index (χ2v) is 4.86. The molecule has 5 nitrogen and oxygen atoms in total. The predicted octanol–water partition coefficient (Wildman–Crippen LogP) is 3.15. The van der Waals surface area contributed by atoms with E-state index in [9.17, 15) is 14.5 Å². The first-order chi connectivity index (χ1) is 7.84. The average molecular weight is 306 g/mol. The highest BCUT2D eigenvalue weighted by molar-refractivity contribution is 9.10. The molecular weight excluding hydrogens is 293 g/mol. The molecule has 0 atom stereocenters. The summed E-state index contributed by atoms with van der Waals surface area (Å²) in [5.74, 6) is -0.611. The van der Waals surface area contributed by atoms with E-state index in [-0.39, 0.29) is 5.69 Å². The Hall–Kier alpha value is -1.37. The predicted molar refractivity (Wildman–Crippen MR) is 68.5 cm³/mol. The second kappa shape index (κ2) is 5.31. The van der Waals surface area contributed by atoms with E-state index in [1.54, 1.807) is 0 Å². The summed E-state index contributed by atoms with van der Waals surface area (Å²) in [5.41, 5.74) is 5.06. The fraction of sp³-hybridized carbons (Fsp3) is 0.400. The van der Waals surface area contributed by atoms with Crippen LogP contribution in [-0.2, 0) is 0 Å². The molecule has 1 aromatic rings. The van der Waals surface area contributed by atoms with Crippen LogP contribution in [0.5, 0.6) is 0 Å². The molecule has 0 bridgehead atoms. The van der Waals surface area contributed by atoms with Gasteiger partial charge in [-0.05, 0) is 27.9 Å². The third-order valence-electron chi connectivity index (χ3n) is 2.11. The summed E-state index contributed by atoms with van der Waals surface area (Å²) in [6.45, 7) is 4.55. The zero-order valence-electron chi connectivity index (χ0n) is 9.46. The summed E-state index contributed by atoms with van der Waals surface area (Å²) in [6, 6.07) is 1.04. The van der Waals surface area contributed by atoms with Crippen LogP contribution in [0.4, 0.5) is 21.5 Å². The highest BCUT2D eigenvalue weighted by Crippen LogP contribution is 2.38. The number of nitrogens with zero attached hydrogens (tertiary/aromatic N) is 1. The normalized spacial score (nSPS) is 10.6. The van der Waals surface area contributed by atoms with Crippen LogP contribution in [0.15, 0.2) is 10.5 Å². The zero-order chi connectivity index (χ0) is 13.2. The summed E-state index contributed by atoms with van der Waals surface area (Å²) in [6.07, 6.45) is 0. The van der Waals surface area contributed by atoms with E-state index >= 15 is 0 Å². The lowest BCUT2D eigenvalue weighted by atomic mass is 10.2. The Labute approximate surface area is 106 Å². The van der Waals surface area contributed by atoms with Crippen molar-refractivity contribution in [2.24, 2.45) is 5.92 Å². The standard InChI is InChI=1S/C10H13BrFN3O2/c1-5(2)4-14-9-6(11)3-7(12)10(8(9)13)15(16)17/h3,5,14H,4,13H2,1-2H3. The third-order valence-corrected chi connectivity index (χ3v) is 2.74. The Morgan fingerprint density at radius 1 is 1.65 bits per heavy atom. The average Bonchev–Trinajstić information content (AvgIpc) is 2.14. The molecule has 0 unspecified atom stereocenters. The lowest BCUT2D eigenvalue weighted by Gasteiger charge is -2.13. The SMILES string of the molecule is CC(C)CNc1c(Br)cc(F)c([N+](=O)[O-])c1N. The second-order valence-electron chi connectivity index (χ2n) is 4.01. The van der Waals surface area contributed by atoms with Gasteiger partial charge in [0.2, 0.25) is 5.82 Å². The molecule has 3 N–H and O–H groups in total. The van der Waals surface area contributed by atoms with E-state index in [0.29, 0.717) is 22.6 Å². The molecule has 0 radical (unpaired) electrons. The van der Waals surface area contributed by atoms with Crippen LogP contribution in [0.3, 0.4) is 0 Å². The van der Waals surface area contributed by atoms with Crippen LogP contribution in [-0.4, -0.2) is 11.5 Å². The van der Waals surface area contributed by atoms with Crippen molar-refractivity contribution < 1.29 is 9.31 Å². The van der Waals surface area contributed by atoms with Gasteiger partial charge in [-0.25, -0.2) is 0 Å². The van der Waals surface area contributed by atoms with Crippen molar-refractivity contribution in [1.82, 2.24) is 0 Å². The van der Waals surface area contributed by atoms with Crippen LogP contribution < -0.4 is 11.1 Å². The van der Waals surface area contributed by atoms with Crippen molar-refractivity contribution in [2.75, 3.05) is 17.6 Å². The van der Waals surface area contributed by atoms with E-state index in [4.69, 9.17) is 5.73 Å². The lowest BCUT2D eigenvalue weighted by molar-refractivity contribution is -0.386. The Bertz CT molecular complexity index is 452. The van der Waals surface area contributed by atoms with Gasteiger partial charge < -0.3 is 11.1 Å². The minimum Gasteiger partial charge on any atom is -0.391 e. The van der Waals surface area contributed by atoms with Gasteiger partial charge in [-0.1, -0.05) is 13.8 Å². The van der Waals surface area contributed by atoms with E-state index < -0.39 is 16.4 Å². The summed E-state index contributed by atoms with van der Waals surface area (Å²) in [5, 5.41) is 13.6. The number of nitro benzene ring substituents is 1. The van der Waals surface area contributed by atoms with Crippen molar-refractivity contribution in [3.8, 4) is 0 Å². The van der Waals surface area contributed by atoms with Crippen molar-refractivity contribution in [3.63, 3.8) is 0 Å². The monoisotopic (exact) mass is 305 g/mol. The minimum atomic E-state index is -0.950. The van der Waals surface area contributed by atoms with Gasteiger partial charge in [0.25, 0.3) is 0 Å². The minimum absolute atomic E-state index is 0.192. The van der Waals surface area contributed by atoms with Crippen molar-refractivity contribution in [1.29, 1.82) is 0 Å². The first kappa shape index (κ1) is 13.7. The number of nitrogen functional groups attached to an aromatic ring is 1. The summed E-state index contributed by atoms with van der Waals surface area (Å²) >= 11 is 3.13. The molecule has 1 rings (SSSR count). The number of nitro groups is 1. The quantitative estimate of drug-likeness (QED) is 0.508. The Balaban J connectivity index is 3.21. The van der Waals surface area contributed by atoms with Crippen LogP contribution in [0.25, 0.3) is 0 Å². The highest BCUT2D eigenvalue weighted by Gasteiger charge is 2.24. The van der Waals surface area contributed by atoms with Gasteiger partial charge in [0, 0.05) is 11.0 Å². The van der Waals surface area contributed by atoms with Gasteiger partial charge in [-0.3, -0.25) is 10.1 Å². The van der Waals surface area contributed by atoms with Crippen LogP contribution in [0, 0.1) is 21.8 Å². The fourth-order valence-corrected chi connectivity index (χ4v) is 1.85. The fourth-order valence-electron chi connectivity index (χ4n) is 1.30. The summed E-state index contributed by atoms with van der Waals surface area (Å²) < 4.78 is 13.7. The Morgan fingerprint density at radius 3 is 2.71 bits per heavy atom. The number of hydrogen-bond donors (Lipinski definition) is 2. The Kier molecular flexibility index (Phi) is 4.28. The molecule has 0 aliphatic heterocycles. The number of nitrogens with two attached hydrogens (primary N) is 1. The number of hydrogen-bond acceptors (Lipinski definition) is 4. The van der Waals surface area contributed by atoms with Gasteiger partial charge in [-0.15, -0.1) is 0 Å². The van der Waals surface area contributed by atoms with E-state index in [1.807, 2.05) is 13.8 Å². The van der Waals surface area contributed by atoms with Gasteiger partial charge in [0.15, 0.2) is 0 Å². The molecular formula is C10H13BrFN3O2. The molecule has 0 saturated heterocycles. The molecule has 0 spiro atoms. The molecule has 0 saturated carbocycles. The number of rotatable bonds is 4. The smallest absolute Gasteiger partial charge is 0.329 e. The van der Waals surface area contributed by atoms with Gasteiger partial charge in [0.1, 0.15) is 5.69 Å². The summed E-state index contributed by atoms with van der Waals surface area (Å²) in [7, 11) is 0. The molecule has 17 heavy (non-hydrogen) atoms. The molecule has 0 aliphatic carbocycles. The molecule has 0 amide bonds. The van der Waals surface area contributed by atoms with E-state index in [0.717, 1.165) is 6.07 Å². The lowest BCUT2D eigenvalue weighted by Crippen LogP contribution is -2.11. The highest BCUT2D eigenvalue weighted by atomic mass is 79.9. The number of halogens is 2. The van der Waals surface area contributed by atoms with Gasteiger partial charge in [-0.2, -0.15) is 4.39 Å². The molecule has 0 aliphatic rings. The zero-order valence-corrected chi connectivity index (χ0v) is 11.0. The summed E-state index contributed by atoms with van der Waals surface area (Å²) in [4.78, 5) is 9.86. The number of nitrogens with one attached hydrogen (secondary N) is 1. The molecule has 0 heterocycles. The largest absolute Gasteiger partial charge is 0.391 e. The van der Waals surface area contributed by atoms with E-state index in [2.05, 4.69) is 21.2 Å². The molecule has 1 aromatic carbocycles. The van der Waals surface area contributed by atoms with E-state index in [1.165, 1.54) is 0 Å². The number of benzene rings is 1. The van der Waals surface area contributed by atoms with Crippen LogP contribution in [0.2, 0.25) is 0 Å². The van der Waals surface area contributed by atoms with Crippen molar-refractivity contribution >= 4 is 33.0 Å². The number of anilines is 2. The molecule has 7 heteroatoms. The first-order valence-electron chi connectivity index (χ1n) is 5.00. The van der Waals surface area contributed by atoms with Crippen molar-refractivity contribution in [2.45, 2.75) is 13.8 Å². The topological polar surface area (TPSA) is 81.2 Å². The maximum Gasteiger partial charge on any atom is 0.329 e. The molecule has 0 aromatic heterocycles. The maximum absolute atomic E-state index is 13.4. The Morgan fingerprint density at radius 2 is 2.24 bits per heavy atom. The van der Waals surface area contributed by atoms with Crippen LogP contribution in [0.1, 0.15) is 13.8 Å². The van der Waals surface area contributed by atoms with Crippen molar-refractivity contribution in [3.05, 3.63) is 26.5 Å². The van der Waals surface area contributed by atoms with Crippen LogP contribution >= 0.6 is 15.9 Å². The van der Waals surface area contributed by atoms with Gasteiger partial charge in [0.05, 0.1) is 10.6 Å². The molecule has 94 valence electrons. The first-order valence-corrected chi connectivity index (χ1v) is 5.79. The molecule has 0 fully saturated rings. The third kappa shape index (κ3) is 3.06. The van der Waals surface area contributed by atoms with Gasteiger partial charge >= 0.3 is 5.69 Å². The maximum atomic E-state index is 13.4.